The number of carbonyl (C=O) groups is 2. The first-order valence-electron chi connectivity index (χ1n) is 15.7. The number of carbonyl (C=O) groups excluding carboxylic acids is 2. The van der Waals surface area contributed by atoms with Crippen molar-refractivity contribution in [3.8, 4) is 17.2 Å². The highest BCUT2D eigenvalue weighted by Crippen LogP contribution is 2.40. The molecule has 1 N–H and O–H groups in total. The van der Waals surface area contributed by atoms with E-state index in [1.54, 1.807) is 19.1 Å². The second kappa shape index (κ2) is 14.0. The largest absolute Gasteiger partial charge is 0.447 e. The SMILES string of the molecule is Cc1cc2ccnc(Nc3ccc(Oc4ccnc(N(C(=O)OC(C)(C)C)C(=O)OC(C)(C)C)c4[N+](=O)[O-])c(F)c3)c2c(=O)n1-c1ccc(F)cc1. The highest BCUT2D eigenvalue weighted by Gasteiger charge is 2.40. The minimum Gasteiger partial charge on any atom is -0.447 e. The van der Waals surface area contributed by atoms with E-state index in [0.29, 0.717) is 16.8 Å². The van der Waals surface area contributed by atoms with Crippen LogP contribution in [-0.4, -0.2) is 42.8 Å². The molecule has 0 aliphatic heterocycles. The van der Waals surface area contributed by atoms with Crippen LogP contribution in [0.3, 0.4) is 0 Å². The Balaban J connectivity index is 1.50. The lowest BCUT2D eigenvalue weighted by atomic mass is 10.1. The average Bonchev–Trinajstić information content (AvgIpc) is 3.01. The number of rotatable bonds is 7. The zero-order valence-corrected chi connectivity index (χ0v) is 29.2. The number of amides is 2. The van der Waals surface area contributed by atoms with E-state index < -0.39 is 68.5 Å². The molecule has 2 amide bonds. The van der Waals surface area contributed by atoms with Crippen molar-refractivity contribution in [3.63, 3.8) is 0 Å². The fourth-order valence-electron chi connectivity index (χ4n) is 5.01. The summed E-state index contributed by atoms with van der Waals surface area (Å²) in [5.41, 5.74) is -2.47. The van der Waals surface area contributed by atoms with E-state index in [1.165, 1.54) is 88.7 Å². The van der Waals surface area contributed by atoms with Gasteiger partial charge in [-0.1, -0.05) is 0 Å². The van der Waals surface area contributed by atoms with E-state index in [0.717, 1.165) is 18.3 Å². The van der Waals surface area contributed by atoms with Gasteiger partial charge < -0.3 is 19.5 Å². The lowest BCUT2D eigenvalue weighted by Crippen LogP contribution is -2.44. The third-order valence-corrected chi connectivity index (χ3v) is 7.03. The zero-order chi connectivity index (χ0) is 38.1. The van der Waals surface area contributed by atoms with Crippen molar-refractivity contribution in [2.75, 3.05) is 10.2 Å². The average molecular weight is 717 g/mol. The van der Waals surface area contributed by atoms with Crippen LogP contribution in [0.2, 0.25) is 0 Å². The van der Waals surface area contributed by atoms with Gasteiger partial charge >= 0.3 is 17.9 Å². The van der Waals surface area contributed by atoms with E-state index in [4.69, 9.17) is 14.2 Å². The molecule has 270 valence electrons. The Labute approximate surface area is 295 Å². The fourth-order valence-corrected chi connectivity index (χ4v) is 5.01. The van der Waals surface area contributed by atoms with Gasteiger partial charge in [-0.25, -0.2) is 28.3 Å². The van der Waals surface area contributed by atoms with Crippen LogP contribution in [0.5, 0.6) is 11.5 Å². The number of halogens is 2. The predicted molar refractivity (Wildman–Crippen MR) is 188 cm³/mol. The number of imide groups is 1. The predicted octanol–water partition coefficient (Wildman–Crippen LogP) is 8.49. The summed E-state index contributed by atoms with van der Waals surface area (Å²) < 4.78 is 46.8. The molecule has 5 aromatic rings. The molecule has 3 aromatic heterocycles. The minimum atomic E-state index is -1.31. The Morgan fingerprint density at radius 2 is 1.48 bits per heavy atom. The first-order chi connectivity index (χ1) is 24.3. The van der Waals surface area contributed by atoms with Gasteiger partial charge in [-0.3, -0.25) is 19.5 Å². The van der Waals surface area contributed by atoms with E-state index in [1.807, 2.05) is 0 Å². The van der Waals surface area contributed by atoms with Crippen molar-refractivity contribution in [1.82, 2.24) is 14.5 Å². The van der Waals surface area contributed by atoms with Crippen LogP contribution < -0.4 is 20.5 Å². The Kier molecular flexibility index (Phi) is 9.95. The molecule has 0 aliphatic rings. The number of fused-ring (bicyclic) bond motifs is 1. The Bertz CT molecular complexity index is 2240. The van der Waals surface area contributed by atoms with Crippen molar-refractivity contribution in [1.29, 1.82) is 0 Å². The molecule has 0 aliphatic carbocycles. The fraction of sp³-hybridized carbons (Fsp3) is 0.250. The summed E-state index contributed by atoms with van der Waals surface area (Å²) in [7, 11) is 0. The van der Waals surface area contributed by atoms with E-state index in [2.05, 4.69) is 15.3 Å². The maximum atomic E-state index is 15.6. The Hall–Kier alpha value is -6.45. The molecule has 0 atom stereocenters. The van der Waals surface area contributed by atoms with Crippen LogP contribution in [-0.2, 0) is 9.47 Å². The van der Waals surface area contributed by atoms with Gasteiger partial charge in [0.1, 0.15) is 22.8 Å². The van der Waals surface area contributed by atoms with Gasteiger partial charge in [0, 0.05) is 41.6 Å². The molecule has 0 saturated heterocycles. The number of nitro groups is 1. The third kappa shape index (κ3) is 8.12. The molecule has 0 fully saturated rings. The topological polar surface area (TPSA) is 168 Å². The maximum Gasteiger partial charge on any atom is 0.426 e. The number of pyridine rings is 3. The van der Waals surface area contributed by atoms with Crippen LogP contribution in [0.1, 0.15) is 47.2 Å². The second-order valence-electron chi connectivity index (χ2n) is 13.4. The number of anilines is 3. The van der Waals surface area contributed by atoms with Gasteiger partial charge in [-0.15, -0.1) is 0 Å². The van der Waals surface area contributed by atoms with E-state index in [9.17, 15) is 28.9 Å². The summed E-state index contributed by atoms with van der Waals surface area (Å²) in [4.78, 5) is 60.0. The number of nitrogens with zero attached hydrogens (tertiary/aromatic N) is 5. The molecule has 14 nitrogen and oxygen atoms in total. The summed E-state index contributed by atoms with van der Waals surface area (Å²) >= 11 is 0. The Morgan fingerprint density at radius 1 is 0.865 bits per heavy atom. The van der Waals surface area contributed by atoms with Crippen molar-refractivity contribution in [3.05, 3.63) is 111 Å². The second-order valence-corrected chi connectivity index (χ2v) is 13.4. The molecule has 2 aromatic carbocycles. The van der Waals surface area contributed by atoms with Crippen molar-refractivity contribution >= 4 is 46.0 Å². The molecular formula is C36H34F2N6O8. The van der Waals surface area contributed by atoms with Crippen LogP contribution in [0.4, 0.5) is 41.4 Å². The highest BCUT2D eigenvalue weighted by molar-refractivity contribution is 6.10. The summed E-state index contributed by atoms with van der Waals surface area (Å²) in [6.07, 6.45) is -0.118. The van der Waals surface area contributed by atoms with Crippen molar-refractivity contribution < 1.29 is 37.5 Å². The van der Waals surface area contributed by atoms with Gasteiger partial charge in [0.2, 0.25) is 11.6 Å². The standard InChI is InChI=1S/C36H34F2N6O8/c1-20-18-21-14-16-39-30(28(21)32(45)42(20)24-11-8-22(37)9-12-24)41-23-10-13-26(25(38)19-23)50-27-15-17-40-31(29(27)44(48)49)43(33(46)51-35(2,3)4)34(47)52-36(5,6)7/h8-19H,1-7H3,(H,39,41). The monoisotopic (exact) mass is 716 g/mol. The molecule has 5 rings (SSSR count). The summed E-state index contributed by atoms with van der Waals surface area (Å²) in [5.74, 6) is -3.14. The number of aromatic nitrogens is 3. The van der Waals surface area contributed by atoms with Gasteiger partial charge in [-0.2, -0.15) is 4.90 Å². The summed E-state index contributed by atoms with van der Waals surface area (Å²) in [6, 6.07) is 13.4. The molecule has 0 spiro atoms. The maximum absolute atomic E-state index is 15.6. The number of aryl methyl sites for hydroxylation is 1. The van der Waals surface area contributed by atoms with Crippen molar-refractivity contribution in [2.24, 2.45) is 0 Å². The summed E-state index contributed by atoms with van der Waals surface area (Å²) in [6.45, 7) is 10.9. The molecule has 0 unspecified atom stereocenters. The number of hydrogen-bond donors (Lipinski definition) is 1. The number of nitrogens with one attached hydrogen (secondary N) is 1. The minimum absolute atomic E-state index is 0.102. The van der Waals surface area contributed by atoms with Crippen LogP contribution in [0.15, 0.2) is 77.9 Å². The lowest BCUT2D eigenvalue weighted by Gasteiger charge is -2.27. The first-order valence-corrected chi connectivity index (χ1v) is 15.7. The molecule has 0 saturated carbocycles. The molecule has 16 heteroatoms. The quantitative estimate of drug-likeness (QED) is 0.127. The van der Waals surface area contributed by atoms with Gasteiger partial charge in [0.25, 0.3) is 5.56 Å². The lowest BCUT2D eigenvalue weighted by molar-refractivity contribution is -0.385. The summed E-state index contributed by atoms with van der Waals surface area (Å²) in [5, 5.41) is 16.0. The third-order valence-electron chi connectivity index (χ3n) is 7.03. The zero-order valence-electron chi connectivity index (χ0n) is 29.2. The molecular weight excluding hydrogens is 682 g/mol. The number of hydrogen-bond acceptors (Lipinski definition) is 11. The van der Waals surface area contributed by atoms with Crippen LogP contribution >= 0.6 is 0 Å². The van der Waals surface area contributed by atoms with E-state index >= 15 is 4.39 Å². The molecule has 0 radical (unpaired) electrons. The number of ether oxygens (including phenoxy) is 3. The van der Waals surface area contributed by atoms with E-state index in [-0.39, 0.29) is 21.8 Å². The normalized spacial score (nSPS) is 11.6. The Morgan fingerprint density at radius 3 is 2.06 bits per heavy atom. The first kappa shape index (κ1) is 36.8. The van der Waals surface area contributed by atoms with Gasteiger partial charge in [0.15, 0.2) is 11.6 Å². The van der Waals surface area contributed by atoms with Gasteiger partial charge in [0.05, 0.1) is 10.3 Å². The molecule has 52 heavy (non-hydrogen) atoms. The van der Waals surface area contributed by atoms with Crippen LogP contribution in [0.25, 0.3) is 16.5 Å². The van der Waals surface area contributed by atoms with Gasteiger partial charge in [-0.05, 0) is 102 Å². The highest BCUT2D eigenvalue weighted by atomic mass is 19.1. The van der Waals surface area contributed by atoms with Crippen molar-refractivity contribution in [2.45, 2.75) is 59.7 Å². The molecule has 0 bridgehead atoms. The smallest absolute Gasteiger partial charge is 0.426 e. The van der Waals surface area contributed by atoms with Crippen LogP contribution in [0, 0.1) is 28.7 Å². The number of benzene rings is 2. The molecule has 3 heterocycles.